The fourth-order valence-electron chi connectivity index (χ4n) is 2.06. The molecule has 2 aromatic heterocycles. The number of pyridine rings is 1. The molecular weight excluding hydrogens is 212 g/mol. The number of aromatic nitrogens is 1. The van der Waals surface area contributed by atoms with Gasteiger partial charge in [0, 0.05) is 18.3 Å². The van der Waals surface area contributed by atoms with E-state index in [0.717, 1.165) is 23.1 Å². The Morgan fingerprint density at radius 2 is 2.29 bits per heavy atom. The molecule has 2 atom stereocenters. The van der Waals surface area contributed by atoms with E-state index in [9.17, 15) is 0 Å². The minimum absolute atomic E-state index is 0.655. The summed E-state index contributed by atoms with van der Waals surface area (Å²) in [6.45, 7) is 2.98. The van der Waals surface area contributed by atoms with Gasteiger partial charge in [-0.15, -0.1) is 0 Å². The smallest absolute Gasteiger partial charge is 0.123 e. The summed E-state index contributed by atoms with van der Waals surface area (Å²) >= 11 is 0. The SMILES string of the molecule is CC1CC1c1ccc(CNc2cccnc2)o1. The van der Waals surface area contributed by atoms with Crippen molar-refractivity contribution in [3.63, 3.8) is 0 Å². The number of rotatable bonds is 4. The lowest BCUT2D eigenvalue weighted by atomic mass is 10.3. The first-order valence-corrected chi connectivity index (χ1v) is 6.05. The summed E-state index contributed by atoms with van der Waals surface area (Å²) < 4.78 is 5.82. The van der Waals surface area contributed by atoms with Gasteiger partial charge in [0.15, 0.2) is 0 Å². The molecule has 0 aromatic carbocycles. The first-order valence-electron chi connectivity index (χ1n) is 6.05. The summed E-state index contributed by atoms with van der Waals surface area (Å²) in [5, 5.41) is 3.29. The molecule has 1 aliphatic carbocycles. The largest absolute Gasteiger partial charge is 0.464 e. The third-order valence-electron chi connectivity index (χ3n) is 3.29. The molecule has 0 bridgehead atoms. The van der Waals surface area contributed by atoms with Crippen LogP contribution >= 0.6 is 0 Å². The van der Waals surface area contributed by atoms with Crippen LogP contribution in [0.1, 0.15) is 30.8 Å². The molecule has 2 aromatic rings. The number of nitrogens with one attached hydrogen (secondary N) is 1. The Balaban J connectivity index is 1.60. The average molecular weight is 228 g/mol. The number of nitrogens with zero attached hydrogens (tertiary/aromatic N) is 1. The topological polar surface area (TPSA) is 38.1 Å². The van der Waals surface area contributed by atoms with Gasteiger partial charge in [-0.3, -0.25) is 4.98 Å². The van der Waals surface area contributed by atoms with Crippen LogP contribution in [0.2, 0.25) is 0 Å². The second-order valence-electron chi connectivity index (χ2n) is 4.72. The highest BCUT2D eigenvalue weighted by Crippen LogP contribution is 2.47. The van der Waals surface area contributed by atoms with E-state index in [1.54, 1.807) is 6.20 Å². The zero-order valence-corrected chi connectivity index (χ0v) is 9.89. The lowest BCUT2D eigenvalue weighted by Gasteiger charge is -2.02. The van der Waals surface area contributed by atoms with Crippen molar-refractivity contribution in [2.45, 2.75) is 25.8 Å². The van der Waals surface area contributed by atoms with E-state index in [0.29, 0.717) is 12.5 Å². The minimum Gasteiger partial charge on any atom is -0.464 e. The van der Waals surface area contributed by atoms with Crippen molar-refractivity contribution < 1.29 is 4.42 Å². The van der Waals surface area contributed by atoms with Gasteiger partial charge >= 0.3 is 0 Å². The van der Waals surface area contributed by atoms with Crippen LogP contribution in [0.15, 0.2) is 41.1 Å². The molecule has 1 saturated carbocycles. The molecule has 0 spiro atoms. The maximum atomic E-state index is 5.82. The van der Waals surface area contributed by atoms with Crippen molar-refractivity contribution in [1.29, 1.82) is 0 Å². The molecule has 0 amide bonds. The third-order valence-corrected chi connectivity index (χ3v) is 3.29. The molecule has 0 saturated heterocycles. The predicted molar refractivity (Wildman–Crippen MR) is 66.8 cm³/mol. The molecular formula is C14H16N2O. The van der Waals surface area contributed by atoms with Gasteiger partial charge in [-0.25, -0.2) is 0 Å². The number of furan rings is 1. The molecule has 2 heterocycles. The molecule has 1 aliphatic rings. The van der Waals surface area contributed by atoms with Crippen LogP contribution in [-0.2, 0) is 6.54 Å². The first kappa shape index (κ1) is 10.4. The predicted octanol–water partition coefficient (Wildman–Crippen LogP) is 3.41. The molecule has 3 nitrogen and oxygen atoms in total. The third kappa shape index (κ3) is 2.33. The van der Waals surface area contributed by atoms with E-state index >= 15 is 0 Å². The molecule has 2 unspecified atom stereocenters. The molecule has 88 valence electrons. The fourth-order valence-corrected chi connectivity index (χ4v) is 2.06. The average Bonchev–Trinajstić information content (AvgIpc) is 2.92. The van der Waals surface area contributed by atoms with E-state index in [4.69, 9.17) is 4.42 Å². The molecule has 17 heavy (non-hydrogen) atoms. The van der Waals surface area contributed by atoms with E-state index in [1.165, 1.54) is 6.42 Å². The molecule has 0 aliphatic heterocycles. The van der Waals surface area contributed by atoms with Crippen LogP contribution in [0.25, 0.3) is 0 Å². The zero-order valence-electron chi connectivity index (χ0n) is 9.89. The van der Waals surface area contributed by atoms with Crippen LogP contribution < -0.4 is 5.32 Å². The van der Waals surface area contributed by atoms with Gasteiger partial charge in [-0.1, -0.05) is 6.92 Å². The fraction of sp³-hybridized carbons (Fsp3) is 0.357. The monoisotopic (exact) mass is 228 g/mol. The maximum absolute atomic E-state index is 5.82. The Morgan fingerprint density at radius 3 is 3.00 bits per heavy atom. The number of anilines is 1. The van der Waals surface area contributed by atoms with Gasteiger partial charge in [0.25, 0.3) is 0 Å². The molecule has 3 rings (SSSR count). The quantitative estimate of drug-likeness (QED) is 0.871. The van der Waals surface area contributed by atoms with E-state index in [2.05, 4.69) is 29.4 Å². The molecule has 1 fully saturated rings. The van der Waals surface area contributed by atoms with Crippen molar-refractivity contribution in [2.24, 2.45) is 5.92 Å². The summed E-state index contributed by atoms with van der Waals surface area (Å²) in [6, 6.07) is 8.08. The van der Waals surface area contributed by atoms with Gasteiger partial charge in [-0.2, -0.15) is 0 Å². The Labute approximate surface area is 101 Å². The van der Waals surface area contributed by atoms with Gasteiger partial charge in [0.2, 0.25) is 0 Å². The Hall–Kier alpha value is -1.77. The second-order valence-corrected chi connectivity index (χ2v) is 4.72. The van der Waals surface area contributed by atoms with Gasteiger partial charge in [-0.05, 0) is 36.6 Å². The van der Waals surface area contributed by atoms with E-state index in [-0.39, 0.29) is 0 Å². The summed E-state index contributed by atoms with van der Waals surface area (Å²) in [7, 11) is 0. The summed E-state index contributed by atoms with van der Waals surface area (Å²) in [5.74, 6) is 3.57. The van der Waals surface area contributed by atoms with Crippen molar-refractivity contribution in [2.75, 3.05) is 5.32 Å². The van der Waals surface area contributed by atoms with Gasteiger partial charge in [0.05, 0.1) is 12.2 Å². The van der Waals surface area contributed by atoms with Crippen LogP contribution in [0.5, 0.6) is 0 Å². The summed E-state index contributed by atoms with van der Waals surface area (Å²) in [4.78, 5) is 4.06. The van der Waals surface area contributed by atoms with Crippen LogP contribution in [0.4, 0.5) is 5.69 Å². The Bertz CT molecular complexity index is 492. The van der Waals surface area contributed by atoms with Crippen molar-refractivity contribution in [3.05, 3.63) is 48.2 Å². The number of hydrogen-bond acceptors (Lipinski definition) is 3. The molecule has 3 heteroatoms. The van der Waals surface area contributed by atoms with Crippen molar-refractivity contribution in [3.8, 4) is 0 Å². The van der Waals surface area contributed by atoms with E-state index < -0.39 is 0 Å². The van der Waals surface area contributed by atoms with Crippen molar-refractivity contribution in [1.82, 2.24) is 4.98 Å². The standard InChI is InChI=1S/C14H16N2O/c1-10-7-13(10)14-5-4-12(17-14)9-16-11-3-2-6-15-8-11/h2-6,8,10,13,16H,7,9H2,1H3. The first-order chi connectivity index (χ1) is 8.33. The maximum Gasteiger partial charge on any atom is 0.123 e. The minimum atomic E-state index is 0.655. The van der Waals surface area contributed by atoms with Gasteiger partial charge < -0.3 is 9.73 Å². The lowest BCUT2D eigenvalue weighted by molar-refractivity contribution is 0.468. The Morgan fingerprint density at radius 1 is 1.41 bits per heavy atom. The Kier molecular flexibility index (Phi) is 2.59. The molecule has 1 N–H and O–H groups in total. The highest BCUT2D eigenvalue weighted by atomic mass is 16.3. The van der Waals surface area contributed by atoms with Crippen molar-refractivity contribution >= 4 is 5.69 Å². The number of hydrogen-bond donors (Lipinski definition) is 1. The van der Waals surface area contributed by atoms with Crippen LogP contribution in [0, 0.1) is 5.92 Å². The lowest BCUT2D eigenvalue weighted by Crippen LogP contribution is -1.97. The zero-order chi connectivity index (χ0) is 11.7. The molecule has 0 radical (unpaired) electrons. The second kappa shape index (κ2) is 4.24. The van der Waals surface area contributed by atoms with Crippen LogP contribution in [0.3, 0.4) is 0 Å². The van der Waals surface area contributed by atoms with E-state index in [1.807, 2.05) is 18.3 Å². The summed E-state index contributed by atoms with van der Waals surface area (Å²) in [5.41, 5.74) is 1.02. The van der Waals surface area contributed by atoms with Gasteiger partial charge in [0.1, 0.15) is 11.5 Å². The normalized spacial score (nSPS) is 22.4. The highest BCUT2D eigenvalue weighted by Gasteiger charge is 2.36. The summed E-state index contributed by atoms with van der Waals surface area (Å²) in [6.07, 6.45) is 4.85. The highest BCUT2D eigenvalue weighted by molar-refractivity contribution is 5.39. The van der Waals surface area contributed by atoms with Crippen LogP contribution in [-0.4, -0.2) is 4.98 Å².